The number of carbonyl (C=O) groups is 1. The van der Waals surface area contributed by atoms with Crippen molar-refractivity contribution in [2.75, 3.05) is 0 Å². The van der Waals surface area contributed by atoms with Crippen LogP contribution in [0.1, 0.15) is 29.8 Å². The van der Waals surface area contributed by atoms with Crippen LogP contribution in [0.15, 0.2) is 53.7 Å². The van der Waals surface area contributed by atoms with E-state index in [-0.39, 0.29) is 5.78 Å². The third kappa shape index (κ3) is 3.85. The Bertz CT molecular complexity index is 921. The lowest BCUT2D eigenvalue weighted by atomic mass is 10.1. The van der Waals surface area contributed by atoms with Gasteiger partial charge in [-0.2, -0.15) is 0 Å². The van der Waals surface area contributed by atoms with Crippen molar-refractivity contribution in [1.29, 1.82) is 0 Å². The van der Waals surface area contributed by atoms with Crippen molar-refractivity contribution in [2.45, 2.75) is 30.7 Å². The molecule has 0 amide bonds. The second-order valence-electron chi connectivity index (χ2n) is 6.05. The second-order valence-corrected chi connectivity index (χ2v) is 7.36. The number of hydrogen-bond donors (Lipinski definition) is 0. The SMILES string of the molecule is CCc1ccc(-c2nnc(SC(C)C(=O)c3cccc(F)c3)n2C)cc1. The molecule has 0 aliphatic carbocycles. The van der Waals surface area contributed by atoms with Gasteiger partial charge >= 0.3 is 0 Å². The molecule has 134 valence electrons. The molecule has 4 nitrogen and oxygen atoms in total. The molecule has 1 unspecified atom stereocenters. The molecule has 0 saturated carbocycles. The minimum atomic E-state index is -0.412. The average Bonchev–Trinajstić information content (AvgIpc) is 3.01. The normalized spacial score (nSPS) is 12.2. The number of hydrogen-bond acceptors (Lipinski definition) is 4. The number of ketones is 1. The molecule has 1 atom stereocenters. The zero-order valence-corrected chi connectivity index (χ0v) is 15.8. The number of halogens is 1. The maximum Gasteiger partial charge on any atom is 0.191 e. The lowest BCUT2D eigenvalue weighted by molar-refractivity contribution is 0.0993. The molecule has 3 aromatic rings. The lowest BCUT2D eigenvalue weighted by Crippen LogP contribution is -2.14. The molecule has 0 saturated heterocycles. The van der Waals surface area contributed by atoms with Gasteiger partial charge in [0.2, 0.25) is 0 Å². The van der Waals surface area contributed by atoms with Gasteiger partial charge in [-0.05, 0) is 31.0 Å². The van der Waals surface area contributed by atoms with Gasteiger partial charge in [0.15, 0.2) is 16.8 Å². The van der Waals surface area contributed by atoms with E-state index in [2.05, 4.69) is 29.3 Å². The van der Waals surface area contributed by atoms with Gasteiger partial charge in [0, 0.05) is 18.2 Å². The summed E-state index contributed by atoms with van der Waals surface area (Å²) in [6.45, 7) is 3.91. The summed E-state index contributed by atoms with van der Waals surface area (Å²) in [5, 5.41) is 8.74. The van der Waals surface area contributed by atoms with Crippen LogP contribution in [-0.4, -0.2) is 25.8 Å². The highest BCUT2D eigenvalue weighted by molar-refractivity contribution is 8.00. The van der Waals surface area contributed by atoms with Crippen LogP contribution in [0.25, 0.3) is 11.4 Å². The number of nitrogens with zero attached hydrogens (tertiary/aromatic N) is 3. The van der Waals surface area contributed by atoms with Crippen LogP contribution >= 0.6 is 11.8 Å². The number of rotatable bonds is 6. The van der Waals surface area contributed by atoms with Crippen LogP contribution in [0, 0.1) is 5.82 Å². The van der Waals surface area contributed by atoms with Crippen LogP contribution in [-0.2, 0) is 13.5 Å². The summed E-state index contributed by atoms with van der Waals surface area (Å²) >= 11 is 1.32. The molecule has 0 aliphatic heterocycles. The monoisotopic (exact) mass is 369 g/mol. The van der Waals surface area contributed by atoms with Gasteiger partial charge in [-0.15, -0.1) is 10.2 Å². The predicted molar refractivity (Wildman–Crippen MR) is 102 cm³/mol. The van der Waals surface area contributed by atoms with E-state index in [1.807, 2.05) is 23.7 Å². The smallest absolute Gasteiger partial charge is 0.191 e. The summed E-state index contributed by atoms with van der Waals surface area (Å²) < 4.78 is 15.2. The predicted octanol–water partition coefficient (Wildman–Crippen LogP) is 4.55. The summed E-state index contributed by atoms with van der Waals surface area (Å²) in [5.74, 6) is 0.205. The Balaban J connectivity index is 1.78. The Kier molecular flexibility index (Phi) is 5.52. The summed E-state index contributed by atoms with van der Waals surface area (Å²) in [6.07, 6.45) is 0.986. The molecule has 0 N–H and O–H groups in total. The summed E-state index contributed by atoms with van der Waals surface area (Å²) in [6, 6.07) is 14.0. The highest BCUT2D eigenvalue weighted by Crippen LogP contribution is 2.27. The molecule has 26 heavy (non-hydrogen) atoms. The largest absolute Gasteiger partial charge is 0.305 e. The second kappa shape index (κ2) is 7.83. The lowest BCUT2D eigenvalue weighted by Gasteiger charge is -2.10. The zero-order chi connectivity index (χ0) is 18.7. The van der Waals surface area contributed by atoms with Crippen molar-refractivity contribution >= 4 is 17.5 Å². The van der Waals surface area contributed by atoms with Gasteiger partial charge in [-0.1, -0.05) is 55.1 Å². The number of Topliss-reactive ketones (excluding diaryl/α,β-unsaturated/α-hetero) is 1. The number of thioether (sulfide) groups is 1. The molecule has 3 rings (SSSR count). The Labute approximate surface area is 156 Å². The summed E-state index contributed by atoms with van der Waals surface area (Å²) in [4.78, 5) is 12.5. The Hall–Kier alpha value is -2.47. The molecule has 0 spiro atoms. The first-order chi connectivity index (χ1) is 12.5. The van der Waals surface area contributed by atoms with Gasteiger partial charge in [0.1, 0.15) is 5.82 Å². The molecule has 2 aromatic carbocycles. The first-order valence-corrected chi connectivity index (χ1v) is 9.32. The standard InChI is InChI=1S/C20H20FN3OS/c1-4-14-8-10-15(11-9-14)19-22-23-20(24(19)3)26-13(2)18(25)16-6-5-7-17(21)12-16/h5-13H,4H2,1-3H3. The number of aromatic nitrogens is 3. The fourth-order valence-corrected chi connectivity index (χ4v) is 3.54. The van der Waals surface area contributed by atoms with Gasteiger partial charge in [0.05, 0.1) is 5.25 Å². The molecule has 6 heteroatoms. The van der Waals surface area contributed by atoms with Gasteiger partial charge in [-0.25, -0.2) is 4.39 Å². The molecular weight excluding hydrogens is 349 g/mol. The highest BCUT2D eigenvalue weighted by Gasteiger charge is 2.21. The van der Waals surface area contributed by atoms with E-state index in [4.69, 9.17) is 0 Å². The van der Waals surface area contributed by atoms with Crippen molar-refractivity contribution < 1.29 is 9.18 Å². The molecule has 0 bridgehead atoms. The Morgan fingerprint density at radius 2 is 1.92 bits per heavy atom. The number of carbonyl (C=O) groups excluding carboxylic acids is 1. The summed E-state index contributed by atoms with van der Waals surface area (Å²) in [5.41, 5.74) is 2.61. The number of aryl methyl sites for hydroxylation is 1. The minimum absolute atomic E-state index is 0.133. The van der Waals surface area contributed by atoms with Crippen LogP contribution in [0.5, 0.6) is 0 Å². The molecule has 1 heterocycles. The van der Waals surface area contributed by atoms with E-state index >= 15 is 0 Å². The Morgan fingerprint density at radius 1 is 1.19 bits per heavy atom. The van der Waals surface area contributed by atoms with E-state index in [0.717, 1.165) is 17.8 Å². The topological polar surface area (TPSA) is 47.8 Å². The third-order valence-corrected chi connectivity index (χ3v) is 5.35. The van der Waals surface area contributed by atoms with Crippen molar-refractivity contribution in [3.05, 3.63) is 65.5 Å². The van der Waals surface area contributed by atoms with Gasteiger partial charge in [-0.3, -0.25) is 4.79 Å². The third-order valence-electron chi connectivity index (χ3n) is 4.22. The molecular formula is C20H20FN3OS. The van der Waals surface area contributed by atoms with Gasteiger partial charge in [0.25, 0.3) is 0 Å². The maximum atomic E-state index is 13.3. The fraction of sp³-hybridized carbons (Fsp3) is 0.250. The molecule has 1 aromatic heterocycles. The Morgan fingerprint density at radius 3 is 2.58 bits per heavy atom. The van der Waals surface area contributed by atoms with E-state index in [1.165, 1.54) is 29.5 Å². The quantitative estimate of drug-likeness (QED) is 0.472. The van der Waals surface area contributed by atoms with E-state index in [0.29, 0.717) is 10.7 Å². The van der Waals surface area contributed by atoms with Crippen molar-refractivity contribution in [2.24, 2.45) is 7.05 Å². The van der Waals surface area contributed by atoms with E-state index < -0.39 is 11.1 Å². The molecule has 0 aliphatic rings. The molecule has 0 radical (unpaired) electrons. The van der Waals surface area contributed by atoms with E-state index in [1.54, 1.807) is 19.1 Å². The van der Waals surface area contributed by atoms with E-state index in [9.17, 15) is 9.18 Å². The van der Waals surface area contributed by atoms with Crippen LogP contribution in [0.4, 0.5) is 4.39 Å². The number of benzene rings is 2. The first kappa shape index (κ1) is 18.3. The first-order valence-electron chi connectivity index (χ1n) is 8.44. The maximum absolute atomic E-state index is 13.3. The van der Waals surface area contributed by atoms with Crippen molar-refractivity contribution in [3.63, 3.8) is 0 Å². The highest BCUT2D eigenvalue weighted by atomic mass is 32.2. The summed E-state index contributed by atoms with van der Waals surface area (Å²) in [7, 11) is 1.88. The van der Waals surface area contributed by atoms with Gasteiger partial charge < -0.3 is 4.57 Å². The average molecular weight is 369 g/mol. The van der Waals surface area contributed by atoms with Crippen molar-refractivity contribution in [1.82, 2.24) is 14.8 Å². The van der Waals surface area contributed by atoms with Crippen LogP contribution < -0.4 is 0 Å². The fourth-order valence-electron chi connectivity index (χ4n) is 2.65. The van der Waals surface area contributed by atoms with Crippen molar-refractivity contribution in [3.8, 4) is 11.4 Å². The van der Waals surface area contributed by atoms with Crippen LogP contribution in [0.2, 0.25) is 0 Å². The molecule has 0 fully saturated rings. The van der Waals surface area contributed by atoms with Crippen LogP contribution in [0.3, 0.4) is 0 Å². The zero-order valence-electron chi connectivity index (χ0n) is 14.9. The minimum Gasteiger partial charge on any atom is -0.305 e.